The summed E-state index contributed by atoms with van der Waals surface area (Å²) in [4.78, 5) is 15.8. The fourth-order valence-electron chi connectivity index (χ4n) is 1.48. The lowest BCUT2D eigenvalue weighted by Crippen LogP contribution is -2.19. The fourth-order valence-corrected chi connectivity index (χ4v) is 1.48. The van der Waals surface area contributed by atoms with Crippen molar-refractivity contribution in [2.24, 2.45) is 0 Å². The van der Waals surface area contributed by atoms with Crippen molar-refractivity contribution in [3.63, 3.8) is 0 Å². The van der Waals surface area contributed by atoms with Crippen LogP contribution in [0, 0.1) is 6.92 Å². The summed E-state index contributed by atoms with van der Waals surface area (Å²) in [6.07, 6.45) is 0. The van der Waals surface area contributed by atoms with E-state index in [9.17, 15) is 4.79 Å². The first-order chi connectivity index (χ1) is 9.62. The van der Waals surface area contributed by atoms with Gasteiger partial charge in [-0.15, -0.1) is 0 Å². The number of urea groups is 1. The zero-order valence-corrected chi connectivity index (χ0v) is 11.3. The molecule has 0 spiro atoms. The molecule has 2 N–H and O–H groups in total. The molecular formula is C12H14N4O4. The molecule has 0 bridgehead atoms. The molecule has 2 amide bonds. The highest BCUT2D eigenvalue weighted by Crippen LogP contribution is 2.24. The summed E-state index contributed by atoms with van der Waals surface area (Å²) < 4.78 is 14.9. The zero-order valence-electron chi connectivity index (χ0n) is 11.3. The second-order valence-electron chi connectivity index (χ2n) is 3.82. The van der Waals surface area contributed by atoms with Crippen LogP contribution in [0.5, 0.6) is 11.8 Å². The Balaban J connectivity index is 2.07. The number of carbonyl (C=O) groups is 1. The molecule has 2 rings (SSSR count). The Morgan fingerprint density at radius 2 is 2.05 bits per heavy atom. The lowest BCUT2D eigenvalue weighted by Gasteiger charge is -2.10. The summed E-state index contributed by atoms with van der Waals surface area (Å²) in [5.74, 6) is 0.882. The van der Waals surface area contributed by atoms with Gasteiger partial charge in [0.1, 0.15) is 5.69 Å². The molecule has 8 nitrogen and oxygen atoms in total. The van der Waals surface area contributed by atoms with E-state index in [2.05, 4.69) is 20.8 Å². The van der Waals surface area contributed by atoms with Gasteiger partial charge in [0, 0.05) is 12.1 Å². The highest BCUT2D eigenvalue weighted by Gasteiger charge is 2.11. The molecule has 2 aromatic rings. The Morgan fingerprint density at radius 1 is 1.25 bits per heavy atom. The standard InChI is InChI=1S/C12H14N4O4/c1-7-6-10(20-16-7)15-12(17)13-8-4-5-9(18-2)14-11(8)19-3/h4-6H,1-3H3,(H2,13,15,17). The molecule has 2 aromatic heterocycles. The molecule has 0 saturated carbocycles. The molecule has 0 unspecified atom stereocenters. The van der Waals surface area contributed by atoms with E-state index in [1.165, 1.54) is 14.2 Å². The van der Waals surface area contributed by atoms with Gasteiger partial charge in [0.2, 0.25) is 17.6 Å². The number of nitrogens with zero attached hydrogens (tertiary/aromatic N) is 2. The minimum Gasteiger partial charge on any atom is -0.481 e. The number of pyridine rings is 1. The third-order valence-electron chi connectivity index (χ3n) is 2.35. The van der Waals surface area contributed by atoms with E-state index in [1.807, 2.05) is 0 Å². The van der Waals surface area contributed by atoms with Crippen LogP contribution in [0.4, 0.5) is 16.4 Å². The van der Waals surface area contributed by atoms with Crippen LogP contribution in [0.15, 0.2) is 22.7 Å². The maximum Gasteiger partial charge on any atom is 0.326 e. The van der Waals surface area contributed by atoms with Crippen LogP contribution in [0.3, 0.4) is 0 Å². The minimum absolute atomic E-state index is 0.244. The van der Waals surface area contributed by atoms with Crippen LogP contribution in [-0.4, -0.2) is 30.4 Å². The molecule has 20 heavy (non-hydrogen) atoms. The number of rotatable bonds is 4. The Morgan fingerprint density at radius 3 is 2.65 bits per heavy atom. The molecule has 8 heteroatoms. The highest BCUT2D eigenvalue weighted by atomic mass is 16.5. The number of aryl methyl sites for hydroxylation is 1. The van der Waals surface area contributed by atoms with Crippen molar-refractivity contribution in [2.75, 3.05) is 24.9 Å². The van der Waals surface area contributed by atoms with Crippen LogP contribution in [0.2, 0.25) is 0 Å². The average Bonchev–Trinajstić information content (AvgIpc) is 2.84. The van der Waals surface area contributed by atoms with Crippen LogP contribution in [0.25, 0.3) is 0 Å². The lowest BCUT2D eigenvalue weighted by atomic mass is 10.4. The Hall–Kier alpha value is -2.77. The largest absolute Gasteiger partial charge is 0.481 e. The Labute approximate surface area is 115 Å². The number of hydrogen-bond acceptors (Lipinski definition) is 6. The number of nitrogens with one attached hydrogen (secondary N) is 2. The van der Waals surface area contributed by atoms with Gasteiger partial charge in [-0.3, -0.25) is 5.32 Å². The van der Waals surface area contributed by atoms with Crippen molar-refractivity contribution >= 4 is 17.6 Å². The van der Waals surface area contributed by atoms with Crippen molar-refractivity contribution in [3.8, 4) is 11.8 Å². The van der Waals surface area contributed by atoms with Crippen LogP contribution >= 0.6 is 0 Å². The molecule has 106 valence electrons. The van der Waals surface area contributed by atoms with Gasteiger partial charge in [0.25, 0.3) is 0 Å². The third-order valence-corrected chi connectivity index (χ3v) is 2.35. The first-order valence-electron chi connectivity index (χ1n) is 5.72. The number of carbonyl (C=O) groups excluding carboxylic acids is 1. The van der Waals surface area contributed by atoms with Gasteiger partial charge in [-0.2, -0.15) is 4.98 Å². The van der Waals surface area contributed by atoms with Gasteiger partial charge < -0.3 is 19.3 Å². The van der Waals surface area contributed by atoms with Crippen molar-refractivity contribution in [2.45, 2.75) is 6.92 Å². The summed E-state index contributed by atoms with van der Waals surface area (Å²) in [5.41, 5.74) is 1.08. The second-order valence-corrected chi connectivity index (χ2v) is 3.82. The molecular weight excluding hydrogens is 264 g/mol. The molecule has 0 atom stereocenters. The smallest absolute Gasteiger partial charge is 0.326 e. The van der Waals surface area contributed by atoms with Crippen molar-refractivity contribution in [1.29, 1.82) is 0 Å². The summed E-state index contributed by atoms with van der Waals surface area (Å²) in [6, 6.07) is 4.34. The topological polar surface area (TPSA) is 98.5 Å². The fraction of sp³-hybridized carbons (Fsp3) is 0.250. The first kappa shape index (κ1) is 13.7. The van der Waals surface area contributed by atoms with E-state index in [1.54, 1.807) is 25.1 Å². The van der Waals surface area contributed by atoms with E-state index in [-0.39, 0.29) is 11.8 Å². The van der Waals surface area contributed by atoms with Gasteiger partial charge in [-0.05, 0) is 13.0 Å². The second kappa shape index (κ2) is 5.91. The predicted octanol–water partition coefficient (Wildman–Crippen LogP) is 2.04. The zero-order chi connectivity index (χ0) is 14.5. The van der Waals surface area contributed by atoms with E-state index in [4.69, 9.17) is 14.0 Å². The van der Waals surface area contributed by atoms with E-state index in [0.717, 1.165) is 0 Å². The normalized spacial score (nSPS) is 9.95. The van der Waals surface area contributed by atoms with Gasteiger partial charge >= 0.3 is 6.03 Å². The summed E-state index contributed by atoms with van der Waals surface area (Å²) in [5, 5.41) is 8.75. The molecule has 0 radical (unpaired) electrons. The van der Waals surface area contributed by atoms with Crippen molar-refractivity contribution < 1.29 is 18.8 Å². The average molecular weight is 278 g/mol. The highest BCUT2D eigenvalue weighted by molar-refractivity contribution is 5.99. The number of anilines is 2. The number of methoxy groups -OCH3 is 2. The van der Waals surface area contributed by atoms with E-state index < -0.39 is 6.03 Å². The van der Waals surface area contributed by atoms with Crippen LogP contribution in [-0.2, 0) is 0 Å². The molecule has 0 fully saturated rings. The summed E-state index contributed by atoms with van der Waals surface area (Å²) in [6.45, 7) is 1.75. The van der Waals surface area contributed by atoms with Gasteiger partial charge in [-0.25, -0.2) is 4.79 Å². The summed E-state index contributed by atoms with van der Waals surface area (Å²) >= 11 is 0. The van der Waals surface area contributed by atoms with Gasteiger partial charge in [0.05, 0.1) is 19.9 Å². The van der Waals surface area contributed by atoms with Crippen LogP contribution < -0.4 is 20.1 Å². The summed E-state index contributed by atoms with van der Waals surface area (Å²) in [7, 11) is 2.94. The Kier molecular flexibility index (Phi) is 4.04. The number of aromatic nitrogens is 2. The maximum atomic E-state index is 11.8. The van der Waals surface area contributed by atoms with Gasteiger partial charge in [-0.1, -0.05) is 5.16 Å². The molecule has 0 aliphatic carbocycles. The SMILES string of the molecule is COc1ccc(NC(=O)Nc2cc(C)no2)c(OC)n1. The van der Waals surface area contributed by atoms with Crippen LogP contribution in [0.1, 0.15) is 5.69 Å². The Bertz CT molecular complexity index is 611. The quantitative estimate of drug-likeness (QED) is 0.888. The third kappa shape index (κ3) is 3.16. The van der Waals surface area contributed by atoms with E-state index in [0.29, 0.717) is 17.3 Å². The minimum atomic E-state index is -0.494. The van der Waals surface area contributed by atoms with Crippen molar-refractivity contribution in [1.82, 2.24) is 10.1 Å². The molecule has 0 aromatic carbocycles. The predicted molar refractivity (Wildman–Crippen MR) is 71.2 cm³/mol. The van der Waals surface area contributed by atoms with Gasteiger partial charge in [0.15, 0.2) is 0 Å². The number of hydrogen-bond donors (Lipinski definition) is 2. The molecule has 0 saturated heterocycles. The first-order valence-corrected chi connectivity index (χ1v) is 5.72. The molecule has 2 heterocycles. The molecule has 0 aliphatic rings. The number of amides is 2. The van der Waals surface area contributed by atoms with E-state index >= 15 is 0 Å². The van der Waals surface area contributed by atoms with Crippen molar-refractivity contribution in [3.05, 3.63) is 23.9 Å². The number of ether oxygens (including phenoxy) is 2. The molecule has 0 aliphatic heterocycles. The lowest BCUT2D eigenvalue weighted by molar-refractivity contribution is 0.261. The monoisotopic (exact) mass is 278 g/mol. The maximum absolute atomic E-state index is 11.8.